The van der Waals surface area contributed by atoms with Crippen LogP contribution in [0.4, 0.5) is 0 Å². The van der Waals surface area contributed by atoms with Gasteiger partial charge in [-0.3, -0.25) is 4.98 Å². The highest BCUT2D eigenvalue weighted by Gasteiger charge is 2.10. The fourth-order valence-corrected chi connectivity index (χ4v) is 1.17. The van der Waals surface area contributed by atoms with Crippen molar-refractivity contribution < 1.29 is 9.53 Å². The molecule has 0 atom stereocenters. The van der Waals surface area contributed by atoms with Gasteiger partial charge in [-0.25, -0.2) is 9.78 Å². The second-order valence-electron chi connectivity index (χ2n) is 2.85. The molecule has 0 aliphatic heterocycles. The number of esters is 1. The quantitative estimate of drug-likeness (QED) is 0.746. The van der Waals surface area contributed by atoms with Gasteiger partial charge in [0.05, 0.1) is 13.3 Å². The van der Waals surface area contributed by atoms with Crippen molar-refractivity contribution in [1.82, 2.24) is 15.0 Å². The van der Waals surface area contributed by atoms with Crippen LogP contribution in [0.25, 0.3) is 11.5 Å². The molecule has 0 bridgehead atoms. The van der Waals surface area contributed by atoms with E-state index >= 15 is 0 Å². The third kappa shape index (κ3) is 1.85. The van der Waals surface area contributed by atoms with Crippen LogP contribution in [-0.2, 0) is 4.74 Å². The summed E-state index contributed by atoms with van der Waals surface area (Å²) in [5.41, 5.74) is 1.01. The Kier molecular flexibility index (Phi) is 2.45. The first kappa shape index (κ1) is 9.39. The second-order valence-corrected chi connectivity index (χ2v) is 2.85. The number of ether oxygens (including phenoxy) is 1. The predicted octanol–water partition coefficient (Wildman–Crippen LogP) is 1.26. The first-order chi connectivity index (χ1) is 7.31. The number of H-pyrrole nitrogens is 1. The van der Waals surface area contributed by atoms with Gasteiger partial charge in [-0.2, -0.15) is 0 Å². The molecule has 0 saturated heterocycles. The van der Waals surface area contributed by atoms with Gasteiger partial charge >= 0.3 is 5.97 Å². The molecule has 0 fully saturated rings. The van der Waals surface area contributed by atoms with E-state index in [0.717, 1.165) is 0 Å². The molecule has 0 spiro atoms. The van der Waals surface area contributed by atoms with Crippen LogP contribution >= 0.6 is 0 Å². The number of carbonyl (C=O) groups is 1. The van der Waals surface area contributed by atoms with E-state index in [2.05, 4.69) is 19.7 Å². The first-order valence-electron chi connectivity index (χ1n) is 4.36. The number of imidazole rings is 1. The van der Waals surface area contributed by atoms with E-state index in [-0.39, 0.29) is 0 Å². The molecule has 76 valence electrons. The summed E-state index contributed by atoms with van der Waals surface area (Å²) in [7, 11) is 1.32. The number of methoxy groups -OCH3 is 1. The van der Waals surface area contributed by atoms with Crippen LogP contribution in [-0.4, -0.2) is 28.0 Å². The van der Waals surface area contributed by atoms with Crippen LogP contribution in [0, 0.1) is 0 Å². The molecule has 0 amide bonds. The SMILES string of the molecule is COC(=O)c1cnc(-c2ccccn2)[nH]1. The van der Waals surface area contributed by atoms with Gasteiger partial charge < -0.3 is 9.72 Å². The largest absolute Gasteiger partial charge is 0.464 e. The topological polar surface area (TPSA) is 67.9 Å². The molecule has 2 aromatic heterocycles. The minimum atomic E-state index is -0.440. The Hall–Kier alpha value is -2.17. The highest BCUT2D eigenvalue weighted by molar-refractivity contribution is 5.87. The lowest BCUT2D eigenvalue weighted by atomic mass is 10.3. The Labute approximate surface area is 86.1 Å². The molecule has 2 heterocycles. The third-order valence-corrected chi connectivity index (χ3v) is 1.89. The zero-order valence-corrected chi connectivity index (χ0v) is 8.10. The lowest BCUT2D eigenvalue weighted by Gasteiger charge is -1.94. The van der Waals surface area contributed by atoms with Crippen molar-refractivity contribution in [3.8, 4) is 11.5 Å². The summed E-state index contributed by atoms with van der Waals surface area (Å²) in [6.45, 7) is 0. The van der Waals surface area contributed by atoms with Crippen molar-refractivity contribution in [1.29, 1.82) is 0 Å². The van der Waals surface area contributed by atoms with Gasteiger partial charge in [0.1, 0.15) is 11.4 Å². The lowest BCUT2D eigenvalue weighted by molar-refractivity contribution is 0.0595. The molecule has 0 unspecified atom stereocenters. The summed E-state index contributed by atoms with van der Waals surface area (Å²) < 4.78 is 4.55. The molecule has 1 N–H and O–H groups in total. The Morgan fingerprint density at radius 1 is 1.40 bits per heavy atom. The van der Waals surface area contributed by atoms with Crippen LogP contribution < -0.4 is 0 Å². The summed E-state index contributed by atoms with van der Waals surface area (Å²) in [6.07, 6.45) is 3.09. The zero-order chi connectivity index (χ0) is 10.7. The molecule has 15 heavy (non-hydrogen) atoms. The number of carbonyl (C=O) groups excluding carboxylic acids is 1. The molecule has 0 aliphatic rings. The van der Waals surface area contributed by atoms with Gasteiger partial charge in [0, 0.05) is 6.20 Å². The van der Waals surface area contributed by atoms with Crippen LogP contribution in [0.2, 0.25) is 0 Å². The van der Waals surface area contributed by atoms with E-state index in [1.165, 1.54) is 13.3 Å². The Morgan fingerprint density at radius 3 is 2.93 bits per heavy atom. The van der Waals surface area contributed by atoms with Crippen molar-refractivity contribution in [2.45, 2.75) is 0 Å². The number of nitrogens with one attached hydrogen (secondary N) is 1. The molecular formula is C10H9N3O2. The minimum Gasteiger partial charge on any atom is -0.464 e. The minimum absolute atomic E-state index is 0.318. The molecule has 0 aromatic carbocycles. The number of hydrogen-bond acceptors (Lipinski definition) is 4. The highest BCUT2D eigenvalue weighted by atomic mass is 16.5. The van der Waals surface area contributed by atoms with E-state index in [9.17, 15) is 4.79 Å². The van der Waals surface area contributed by atoms with Gasteiger partial charge in [0.25, 0.3) is 0 Å². The van der Waals surface area contributed by atoms with Gasteiger partial charge in [0.15, 0.2) is 5.82 Å². The number of rotatable bonds is 2. The van der Waals surface area contributed by atoms with Crippen molar-refractivity contribution in [2.75, 3.05) is 7.11 Å². The molecular weight excluding hydrogens is 194 g/mol. The van der Waals surface area contributed by atoms with Gasteiger partial charge in [-0.1, -0.05) is 6.07 Å². The Balaban J connectivity index is 2.32. The maximum absolute atomic E-state index is 11.1. The Bertz CT molecular complexity index is 465. The highest BCUT2D eigenvalue weighted by Crippen LogP contribution is 2.11. The van der Waals surface area contributed by atoms with Crippen molar-refractivity contribution >= 4 is 5.97 Å². The smallest absolute Gasteiger partial charge is 0.356 e. The number of nitrogens with zero attached hydrogens (tertiary/aromatic N) is 2. The number of hydrogen-bond donors (Lipinski definition) is 1. The maximum Gasteiger partial charge on any atom is 0.356 e. The summed E-state index contributed by atoms with van der Waals surface area (Å²) in [4.78, 5) is 22.1. The van der Waals surface area contributed by atoms with Gasteiger partial charge in [-0.15, -0.1) is 0 Å². The van der Waals surface area contributed by atoms with Crippen molar-refractivity contribution in [3.05, 3.63) is 36.3 Å². The molecule has 5 heteroatoms. The Morgan fingerprint density at radius 2 is 2.27 bits per heavy atom. The summed E-state index contributed by atoms with van der Waals surface area (Å²) >= 11 is 0. The summed E-state index contributed by atoms with van der Waals surface area (Å²) in [5.74, 6) is 0.112. The fourth-order valence-electron chi connectivity index (χ4n) is 1.17. The van der Waals surface area contributed by atoms with E-state index in [0.29, 0.717) is 17.2 Å². The van der Waals surface area contributed by atoms with E-state index in [1.807, 2.05) is 12.1 Å². The van der Waals surface area contributed by atoms with Gasteiger partial charge in [0.2, 0.25) is 0 Å². The van der Waals surface area contributed by atoms with Crippen LogP contribution in [0.5, 0.6) is 0 Å². The number of aromatic amines is 1. The lowest BCUT2D eigenvalue weighted by Crippen LogP contribution is -2.01. The molecule has 2 aromatic rings. The molecule has 2 rings (SSSR count). The van der Waals surface area contributed by atoms with Crippen LogP contribution in [0.15, 0.2) is 30.6 Å². The molecule has 5 nitrogen and oxygen atoms in total. The predicted molar refractivity (Wildman–Crippen MR) is 53.2 cm³/mol. The first-order valence-corrected chi connectivity index (χ1v) is 4.36. The van der Waals surface area contributed by atoms with Crippen LogP contribution in [0.3, 0.4) is 0 Å². The molecule has 0 aliphatic carbocycles. The molecule has 0 radical (unpaired) electrons. The number of aromatic nitrogens is 3. The van der Waals surface area contributed by atoms with E-state index < -0.39 is 5.97 Å². The average Bonchev–Trinajstić information content (AvgIpc) is 2.78. The van der Waals surface area contributed by atoms with Gasteiger partial charge in [-0.05, 0) is 12.1 Å². The maximum atomic E-state index is 11.1. The summed E-state index contributed by atoms with van der Waals surface area (Å²) in [5, 5.41) is 0. The average molecular weight is 203 g/mol. The zero-order valence-electron chi connectivity index (χ0n) is 8.10. The second kappa shape index (κ2) is 3.91. The van der Waals surface area contributed by atoms with E-state index in [4.69, 9.17) is 0 Å². The summed E-state index contributed by atoms with van der Waals surface area (Å²) in [6, 6.07) is 5.47. The third-order valence-electron chi connectivity index (χ3n) is 1.89. The standard InChI is InChI=1S/C10H9N3O2/c1-15-10(14)8-6-12-9(13-8)7-4-2-3-5-11-7/h2-6H,1H3,(H,12,13). The number of pyridine rings is 1. The van der Waals surface area contributed by atoms with Crippen molar-refractivity contribution in [3.63, 3.8) is 0 Å². The van der Waals surface area contributed by atoms with Crippen LogP contribution in [0.1, 0.15) is 10.5 Å². The normalized spacial score (nSPS) is 9.93. The molecule has 0 saturated carbocycles. The van der Waals surface area contributed by atoms with E-state index in [1.54, 1.807) is 12.3 Å². The monoisotopic (exact) mass is 203 g/mol. The fraction of sp³-hybridized carbons (Fsp3) is 0.100. The van der Waals surface area contributed by atoms with Crippen molar-refractivity contribution in [2.24, 2.45) is 0 Å².